The molecule has 1 amide bonds. The highest BCUT2D eigenvalue weighted by atomic mass is 16.6. The molecule has 40 heavy (non-hydrogen) atoms. The second-order valence-electron chi connectivity index (χ2n) is 10.4. The Morgan fingerprint density at radius 2 is 1.18 bits per heavy atom. The molecule has 6 rings (SSSR count). The SMILES string of the molecule is O=C1N[C@@H](CN2CCN(c3ccccc3)CC2)[C@H](COC(c2ccccc2)(c2ccccc2)c2ccccc2)O1. The van der Waals surface area contributed by atoms with Crippen molar-refractivity contribution in [3.63, 3.8) is 0 Å². The van der Waals surface area contributed by atoms with Gasteiger partial charge >= 0.3 is 6.09 Å². The van der Waals surface area contributed by atoms with Crippen LogP contribution in [0, 0.1) is 0 Å². The number of carbonyl (C=O) groups excluding carboxylic acids is 1. The molecule has 6 nitrogen and oxygen atoms in total. The summed E-state index contributed by atoms with van der Waals surface area (Å²) < 4.78 is 12.8. The van der Waals surface area contributed by atoms with Gasteiger partial charge in [0, 0.05) is 38.4 Å². The molecule has 0 saturated carbocycles. The van der Waals surface area contributed by atoms with Gasteiger partial charge in [-0.15, -0.1) is 0 Å². The molecule has 2 heterocycles. The van der Waals surface area contributed by atoms with Crippen molar-refractivity contribution >= 4 is 11.8 Å². The first kappa shape index (κ1) is 26.1. The van der Waals surface area contributed by atoms with E-state index in [-0.39, 0.29) is 18.7 Å². The smallest absolute Gasteiger partial charge is 0.407 e. The summed E-state index contributed by atoms with van der Waals surface area (Å²) in [6.07, 6.45) is -0.790. The normalized spacial score (nSPS) is 19.7. The first-order valence-electron chi connectivity index (χ1n) is 14.0. The van der Waals surface area contributed by atoms with Crippen LogP contribution < -0.4 is 10.2 Å². The molecule has 4 aromatic carbocycles. The Labute approximate surface area is 236 Å². The molecule has 2 aliphatic rings. The molecule has 0 spiro atoms. The Balaban J connectivity index is 1.22. The molecule has 1 N–H and O–H groups in total. The number of benzene rings is 4. The highest BCUT2D eigenvalue weighted by Crippen LogP contribution is 2.40. The molecular weight excluding hydrogens is 498 g/mol. The number of hydrogen-bond acceptors (Lipinski definition) is 5. The number of amides is 1. The Morgan fingerprint density at radius 1 is 0.700 bits per heavy atom. The summed E-state index contributed by atoms with van der Waals surface area (Å²) in [4.78, 5) is 17.3. The maximum Gasteiger partial charge on any atom is 0.407 e. The number of alkyl carbamates (subject to hydrolysis) is 1. The number of para-hydroxylation sites is 1. The zero-order chi connectivity index (χ0) is 27.2. The minimum absolute atomic E-state index is 0.157. The van der Waals surface area contributed by atoms with Crippen LogP contribution in [0.3, 0.4) is 0 Å². The minimum atomic E-state index is -0.857. The molecule has 204 valence electrons. The van der Waals surface area contributed by atoms with Crippen LogP contribution in [0.4, 0.5) is 10.5 Å². The van der Waals surface area contributed by atoms with Crippen molar-refractivity contribution < 1.29 is 14.3 Å². The van der Waals surface area contributed by atoms with Gasteiger partial charge < -0.3 is 19.7 Å². The van der Waals surface area contributed by atoms with Crippen molar-refractivity contribution in [2.24, 2.45) is 0 Å². The fraction of sp³-hybridized carbons (Fsp3) is 0.265. The summed E-state index contributed by atoms with van der Waals surface area (Å²) in [5.41, 5.74) is 3.48. The van der Waals surface area contributed by atoms with Gasteiger partial charge in [0.1, 0.15) is 11.7 Å². The number of hydrogen-bond donors (Lipinski definition) is 1. The van der Waals surface area contributed by atoms with Crippen LogP contribution in [0.25, 0.3) is 0 Å². The van der Waals surface area contributed by atoms with Gasteiger partial charge in [0.15, 0.2) is 0 Å². The molecule has 0 unspecified atom stereocenters. The predicted molar refractivity (Wildman–Crippen MR) is 157 cm³/mol. The molecule has 4 aromatic rings. The van der Waals surface area contributed by atoms with Gasteiger partial charge in [-0.05, 0) is 28.8 Å². The van der Waals surface area contributed by atoms with E-state index < -0.39 is 11.7 Å². The molecule has 6 heteroatoms. The third-order valence-corrected chi connectivity index (χ3v) is 7.96. The lowest BCUT2D eigenvalue weighted by molar-refractivity contribution is -0.0384. The highest BCUT2D eigenvalue weighted by Gasteiger charge is 2.42. The summed E-state index contributed by atoms with van der Waals surface area (Å²) in [7, 11) is 0. The third kappa shape index (κ3) is 5.46. The molecule has 0 aliphatic carbocycles. The summed E-state index contributed by atoms with van der Waals surface area (Å²) in [6.45, 7) is 4.73. The van der Waals surface area contributed by atoms with Crippen molar-refractivity contribution in [2.75, 3.05) is 44.2 Å². The second-order valence-corrected chi connectivity index (χ2v) is 10.4. The van der Waals surface area contributed by atoms with Crippen molar-refractivity contribution in [1.29, 1.82) is 0 Å². The van der Waals surface area contributed by atoms with E-state index in [9.17, 15) is 4.79 Å². The molecule has 2 atom stereocenters. The van der Waals surface area contributed by atoms with Gasteiger partial charge in [0.2, 0.25) is 0 Å². The van der Waals surface area contributed by atoms with Gasteiger partial charge in [-0.3, -0.25) is 4.90 Å². The van der Waals surface area contributed by atoms with Gasteiger partial charge in [-0.25, -0.2) is 4.79 Å². The molecule has 2 fully saturated rings. The third-order valence-electron chi connectivity index (χ3n) is 7.96. The van der Waals surface area contributed by atoms with E-state index in [0.29, 0.717) is 0 Å². The lowest BCUT2D eigenvalue weighted by atomic mass is 9.80. The molecular formula is C34H35N3O3. The van der Waals surface area contributed by atoms with Crippen LogP contribution >= 0.6 is 0 Å². The maximum atomic E-state index is 12.5. The second kappa shape index (κ2) is 11.9. The van der Waals surface area contributed by atoms with Crippen LogP contribution in [0.15, 0.2) is 121 Å². The van der Waals surface area contributed by atoms with Crippen molar-refractivity contribution in [2.45, 2.75) is 17.7 Å². The van der Waals surface area contributed by atoms with E-state index in [1.165, 1.54) is 5.69 Å². The molecule has 2 aliphatic heterocycles. The summed E-state index contributed by atoms with van der Waals surface area (Å²) in [5.74, 6) is 0. The average Bonchev–Trinajstić information content (AvgIpc) is 3.38. The lowest BCUT2D eigenvalue weighted by Gasteiger charge is -2.38. The van der Waals surface area contributed by atoms with Gasteiger partial charge in [0.05, 0.1) is 12.6 Å². The maximum absolute atomic E-state index is 12.5. The largest absolute Gasteiger partial charge is 0.442 e. The topological polar surface area (TPSA) is 54.0 Å². The van der Waals surface area contributed by atoms with Crippen molar-refractivity contribution in [3.8, 4) is 0 Å². The fourth-order valence-corrected chi connectivity index (χ4v) is 5.89. The number of ether oxygens (including phenoxy) is 2. The van der Waals surface area contributed by atoms with Crippen LogP contribution in [0.1, 0.15) is 16.7 Å². The standard InChI is InChI=1S/C34H35N3O3/c38-33-35-31(25-36-21-23-37(24-22-36)30-19-11-4-12-20-30)32(40-33)26-39-34(27-13-5-1-6-14-27,28-15-7-2-8-16-28)29-17-9-3-10-18-29/h1-20,31-32H,21-26H2,(H,35,38)/t31-,32-/m0/s1. The van der Waals surface area contributed by atoms with Crippen LogP contribution in [0.2, 0.25) is 0 Å². The molecule has 0 aromatic heterocycles. The zero-order valence-electron chi connectivity index (χ0n) is 22.6. The fourth-order valence-electron chi connectivity index (χ4n) is 5.89. The molecule has 0 bridgehead atoms. The van der Waals surface area contributed by atoms with E-state index in [4.69, 9.17) is 9.47 Å². The Kier molecular flexibility index (Phi) is 7.80. The van der Waals surface area contributed by atoms with Gasteiger partial charge in [0.25, 0.3) is 0 Å². The highest BCUT2D eigenvalue weighted by molar-refractivity contribution is 5.70. The van der Waals surface area contributed by atoms with Crippen LogP contribution in [-0.2, 0) is 15.1 Å². The van der Waals surface area contributed by atoms with E-state index in [1.54, 1.807) is 0 Å². The van der Waals surface area contributed by atoms with Crippen LogP contribution in [0.5, 0.6) is 0 Å². The monoisotopic (exact) mass is 533 g/mol. The Hall–Kier alpha value is -4.13. The number of cyclic esters (lactones) is 1. The number of carbonyl (C=O) groups is 1. The lowest BCUT2D eigenvalue weighted by Crippen LogP contribution is -2.52. The quantitative estimate of drug-likeness (QED) is 0.296. The van der Waals surface area contributed by atoms with Gasteiger partial charge in [-0.1, -0.05) is 109 Å². The Bertz CT molecular complexity index is 1260. The number of rotatable bonds is 9. The van der Waals surface area contributed by atoms with Crippen LogP contribution in [-0.4, -0.2) is 62.5 Å². The molecule has 2 saturated heterocycles. The minimum Gasteiger partial charge on any atom is -0.442 e. The average molecular weight is 534 g/mol. The predicted octanol–water partition coefficient (Wildman–Crippen LogP) is 5.29. The van der Waals surface area contributed by atoms with E-state index in [1.807, 2.05) is 60.7 Å². The van der Waals surface area contributed by atoms with Crippen molar-refractivity contribution in [3.05, 3.63) is 138 Å². The Morgan fingerprint density at radius 3 is 1.68 bits per heavy atom. The van der Waals surface area contributed by atoms with E-state index in [2.05, 4.69) is 75.8 Å². The number of anilines is 1. The van der Waals surface area contributed by atoms with Crippen molar-refractivity contribution in [1.82, 2.24) is 10.2 Å². The van der Waals surface area contributed by atoms with Gasteiger partial charge in [-0.2, -0.15) is 0 Å². The number of nitrogens with one attached hydrogen (secondary N) is 1. The number of piperazine rings is 1. The summed E-state index contributed by atoms with van der Waals surface area (Å²) in [5, 5.41) is 3.05. The summed E-state index contributed by atoms with van der Waals surface area (Å²) >= 11 is 0. The summed E-state index contributed by atoms with van der Waals surface area (Å²) in [6, 6.07) is 41.2. The molecule has 0 radical (unpaired) electrons. The van der Waals surface area contributed by atoms with E-state index >= 15 is 0 Å². The first-order valence-corrected chi connectivity index (χ1v) is 14.0. The van der Waals surface area contributed by atoms with E-state index in [0.717, 1.165) is 49.4 Å². The first-order chi connectivity index (χ1) is 19.7. The zero-order valence-corrected chi connectivity index (χ0v) is 22.6. The number of nitrogens with zero attached hydrogens (tertiary/aromatic N) is 2.